The van der Waals surface area contributed by atoms with Crippen LogP contribution in [-0.4, -0.2) is 28.7 Å². The summed E-state index contributed by atoms with van der Waals surface area (Å²) in [6, 6.07) is 16.6. The average Bonchev–Trinajstić information content (AvgIpc) is 2.78. The molecule has 1 unspecified atom stereocenters. The Morgan fingerprint density at radius 2 is 1.94 bits per heavy atom. The first-order valence-corrected chi connectivity index (χ1v) is 10.5. The standard InChI is InChI=1S/C26H27N3O3/c1-16-5-8-25(23(9-16)13-27)21-10-22(12-24(11-21)32-18(3)15-30)26(31)29-19(4)20-7-6-17(2)28-14-20/h5-12,14,18-19,30H,15H2,1-4H3,(H,29,31)/t18?,19-/m1/s1. The normalized spacial score (nSPS) is 12.5. The van der Waals surface area contributed by atoms with E-state index in [-0.39, 0.29) is 18.6 Å². The Hall–Kier alpha value is -3.69. The summed E-state index contributed by atoms with van der Waals surface area (Å²) in [6.45, 7) is 7.32. The second-order valence-electron chi connectivity index (χ2n) is 7.95. The molecule has 3 aromatic rings. The Labute approximate surface area is 188 Å². The summed E-state index contributed by atoms with van der Waals surface area (Å²) in [5.74, 6) is 0.176. The summed E-state index contributed by atoms with van der Waals surface area (Å²) in [4.78, 5) is 17.4. The maximum absolute atomic E-state index is 13.1. The molecule has 3 rings (SSSR count). The molecule has 1 amide bonds. The molecule has 0 aliphatic heterocycles. The summed E-state index contributed by atoms with van der Waals surface area (Å²) in [5, 5.41) is 22.0. The van der Waals surface area contributed by atoms with E-state index in [2.05, 4.69) is 16.4 Å². The first-order chi connectivity index (χ1) is 15.3. The highest BCUT2D eigenvalue weighted by Crippen LogP contribution is 2.30. The largest absolute Gasteiger partial charge is 0.488 e. The van der Waals surface area contributed by atoms with Crippen molar-refractivity contribution in [3.63, 3.8) is 0 Å². The molecule has 6 nitrogen and oxygen atoms in total. The fourth-order valence-electron chi connectivity index (χ4n) is 3.32. The van der Waals surface area contributed by atoms with Crippen LogP contribution in [0.25, 0.3) is 11.1 Å². The molecule has 2 aromatic carbocycles. The molecule has 1 aromatic heterocycles. The number of rotatable bonds is 7. The molecule has 0 saturated heterocycles. The molecule has 0 radical (unpaired) electrons. The van der Waals surface area contributed by atoms with Crippen LogP contribution in [0.15, 0.2) is 54.7 Å². The monoisotopic (exact) mass is 429 g/mol. The van der Waals surface area contributed by atoms with Crippen molar-refractivity contribution in [2.45, 2.75) is 39.8 Å². The van der Waals surface area contributed by atoms with Gasteiger partial charge in [0.15, 0.2) is 0 Å². The van der Waals surface area contributed by atoms with Gasteiger partial charge in [-0.25, -0.2) is 0 Å². The molecule has 164 valence electrons. The minimum atomic E-state index is -0.438. The predicted octanol–water partition coefficient (Wildman–Crippen LogP) is 4.49. The molecular weight excluding hydrogens is 402 g/mol. The molecule has 0 aliphatic rings. The van der Waals surface area contributed by atoms with Crippen LogP contribution in [0.3, 0.4) is 0 Å². The SMILES string of the molecule is Cc1ccc(-c2cc(OC(C)CO)cc(C(=O)N[C@H](C)c3ccc(C)nc3)c2)c(C#N)c1. The minimum Gasteiger partial charge on any atom is -0.488 e. The molecular formula is C26H27N3O3. The molecule has 32 heavy (non-hydrogen) atoms. The van der Waals surface area contributed by atoms with Crippen LogP contribution in [0, 0.1) is 25.2 Å². The summed E-state index contributed by atoms with van der Waals surface area (Å²) in [5.41, 5.74) is 5.11. The third kappa shape index (κ3) is 5.51. The number of aryl methyl sites for hydroxylation is 2. The highest BCUT2D eigenvalue weighted by atomic mass is 16.5. The number of pyridine rings is 1. The van der Waals surface area contributed by atoms with Gasteiger partial charge >= 0.3 is 0 Å². The number of aliphatic hydroxyl groups excluding tert-OH is 1. The average molecular weight is 430 g/mol. The number of nitrogens with zero attached hydrogens (tertiary/aromatic N) is 2. The smallest absolute Gasteiger partial charge is 0.251 e. The van der Waals surface area contributed by atoms with Crippen molar-refractivity contribution in [2.24, 2.45) is 0 Å². The van der Waals surface area contributed by atoms with Crippen LogP contribution < -0.4 is 10.1 Å². The lowest BCUT2D eigenvalue weighted by molar-refractivity contribution is 0.0938. The molecule has 0 saturated carbocycles. The Kier molecular flexibility index (Phi) is 7.24. The first kappa shape index (κ1) is 23.0. The number of amides is 1. The van der Waals surface area contributed by atoms with E-state index in [1.165, 1.54) is 0 Å². The zero-order valence-corrected chi connectivity index (χ0v) is 18.7. The van der Waals surface area contributed by atoms with Crippen molar-refractivity contribution >= 4 is 5.91 Å². The van der Waals surface area contributed by atoms with Crippen LogP contribution in [-0.2, 0) is 0 Å². The van der Waals surface area contributed by atoms with Crippen molar-refractivity contribution in [3.05, 3.63) is 82.7 Å². The second kappa shape index (κ2) is 10.1. The van der Waals surface area contributed by atoms with Gasteiger partial charge in [-0.1, -0.05) is 18.2 Å². The van der Waals surface area contributed by atoms with Gasteiger partial charge < -0.3 is 15.2 Å². The van der Waals surface area contributed by atoms with Crippen LogP contribution in [0.1, 0.15) is 52.6 Å². The maximum Gasteiger partial charge on any atom is 0.251 e. The summed E-state index contributed by atoms with van der Waals surface area (Å²) < 4.78 is 5.79. The number of hydrogen-bond donors (Lipinski definition) is 2. The van der Waals surface area contributed by atoms with Crippen molar-refractivity contribution < 1.29 is 14.6 Å². The highest BCUT2D eigenvalue weighted by molar-refractivity contribution is 5.96. The molecule has 1 heterocycles. The number of aromatic nitrogens is 1. The first-order valence-electron chi connectivity index (χ1n) is 10.5. The number of carbonyl (C=O) groups excluding carboxylic acids is 1. The molecule has 0 bridgehead atoms. The van der Waals surface area contributed by atoms with Crippen molar-refractivity contribution in [1.82, 2.24) is 10.3 Å². The predicted molar refractivity (Wildman–Crippen MR) is 123 cm³/mol. The van der Waals surface area contributed by atoms with E-state index in [9.17, 15) is 15.2 Å². The summed E-state index contributed by atoms with van der Waals surface area (Å²) in [7, 11) is 0. The van der Waals surface area contributed by atoms with Gasteiger partial charge in [0, 0.05) is 17.5 Å². The van der Waals surface area contributed by atoms with Gasteiger partial charge in [-0.05, 0) is 80.3 Å². The number of hydrogen-bond acceptors (Lipinski definition) is 5. The Bertz CT molecular complexity index is 1150. The van der Waals surface area contributed by atoms with E-state index < -0.39 is 6.10 Å². The zero-order valence-electron chi connectivity index (χ0n) is 18.7. The minimum absolute atomic E-state index is 0.156. The van der Waals surface area contributed by atoms with Crippen molar-refractivity contribution in [3.8, 4) is 22.9 Å². The quantitative estimate of drug-likeness (QED) is 0.577. The van der Waals surface area contributed by atoms with E-state index in [0.29, 0.717) is 28.0 Å². The van der Waals surface area contributed by atoms with E-state index in [1.807, 2.05) is 51.1 Å². The Morgan fingerprint density at radius 1 is 1.16 bits per heavy atom. The number of benzene rings is 2. The van der Waals surface area contributed by atoms with E-state index in [1.54, 1.807) is 31.3 Å². The van der Waals surface area contributed by atoms with E-state index >= 15 is 0 Å². The number of nitrogens with one attached hydrogen (secondary N) is 1. The lowest BCUT2D eigenvalue weighted by Crippen LogP contribution is -2.27. The highest BCUT2D eigenvalue weighted by Gasteiger charge is 2.16. The molecule has 6 heteroatoms. The van der Waals surface area contributed by atoms with Crippen LogP contribution >= 0.6 is 0 Å². The van der Waals surface area contributed by atoms with E-state index in [4.69, 9.17) is 4.74 Å². The molecule has 0 spiro atoms. The number of carbonyl (C=O) groups is 1. The van der Waals surface area contributed by atoms with Gasteiger partial charge in [-0.15, -0.1) is 0 Å². The van der Waals surface area contributed by atoms with E-state index in [0.717, 1.165) is 16.8 Å². The summed E-state index contributed by atoms with van der Waals surface area (Å²) in [6.07, 6.45) is 1.31. The van der Waals surface area contributed by atoms with Gasteiger partial charge in [0.25, 0.3) is 5.91 Å². The maximum atomic E-state index is 13.1. The second-order valence-corrected chi connectivity index (χ2v) is 7.95. The van der Waals surface area contributed by atoms with Crippen molar-refractivity contribution in [2.75, 3.05) is 6.61 Å². The van der Waals surface area contributed by atoms with Crippen molar-refractivity contribution in [1.29, 1.82) is 5.26 Å². The van der Waals surface area contributed by atoms with Crippen LogP contribution in [0.2, 0.25) is 0 Å². The molecule has 0 aliphatic carbocycles. The Balaban J connectivity index is 1.98. The van der Waals surface area contributed by atoms with Gasteiger partial charge in [-0.2, -0.15) is 5.26 Å². The topological polar surface area (TPSA) is 95.2 Å². The third-order valence-corrected chi connectivity index (χ3v) is 5.15. The number of aliphatic hydroxyl groups is 1. The zero-order chi connectivity index (χ0) is 23.3. The Morgan fingerprint density at radius 3 is 2.59 bits per heavy atom. The third-order valence-electron chi connectivity index (χ3n) is 5.15. The fourth-order valence-corrected chi connectivity index (χ4v) is 3.32. The number of ether oxygens (including phenoxy) is 1. The van der Waals surface area contributed by atoms with Gasteiger partial charge in [0.1, 0.15) is 11.9 Å². The number of nitriles is 1. The summed E-state index contributed by atoms with van der Waals surface area (Å²) >= 11 is 0. The fraction of sp³-hybridized carbons (Fsp3) is 0.269. The molecule has 2 N–H and O–H groups in total. The lowest BCUT2D eigenvalue weighted by atomic mass is 9.96. The molecule has 2 atom stereocenters. The van der Waals surface area contributed by atoms with Gasteiger partial charge in [-0.3, -0.25) is 9.78 Å². The lowest BCUT2D eigenvalue weighted by Gasteiger charge is -2.17. The van der Waals surface area contributed by atoms with Gasteiger partial charge in [0.2, 0.25) is 0 Å². The molecule has 0 fully saturated rings. The van der Waals surface area contributed by atoms with Gasteiger partial charge in [0.05, 0.1) is 24.3 Å². The van der Waals surface area contributed by atoms with Crippen LogP contribution in [0.5, 0.6) is 5.75 Å². The van der Waals surface area contributed by atoms with Crippen LogP contribution in [0.4, 0.5) is 0 Å².